The number of anilines is 3. The average Bonchev–Trinajstić information content (AvgIpc) is 2.47. The van der Waals surface area contributed by atoms with E-state index in [4.69, 9.17) is 0 Å². The monoisotopic (exact) mass is 256 g/mol. The summed E-state index contributed by atoms with van der Waals surface area (Å²) in [4.78, 5) is 11.0. The van der Waals surface area contributed by atoms with Gasteiger partial charge in [-0.1, -0.05) is 25.1 Å². The first-order valence-corrected chi connectivity index (χ1v) is 6.73. The fraction of sp³-hybridized carbons (Fsp3) is 0.333. The summed E-state index contributed by atoms with van der Waals surface area (Å²) in [6, 6.07) is 10.2. The zero-order valence-electron chi connectivity index (χ0n) is 11.5. The summed E-state index contributed by atoms with van der Waals surface area (Å²) in [5.41, 5.74) is 1.13. The second kappa shape index (κ2) is 6.73. The van der Waals surface area contributed by atoms with Gasteiger partial charge in [0.25, 0.3) is 0 Å². The second-order valence-corrected chi connectivity index (χ2v) is 4.27. The molecule has 4 heteroatoms. The van der Waals surface area contributed by atoms with Gasteiger partial charge in [-0.05, 0) is 25.5 Å². The molecule has 0 radical (unpaired) electrons. The molecule has 0 aliphatic rings. The average molecular weight is 256 g/mol. The molecule has 0 unspecified atom stereocenters. The number of nitrogens with zero attached hydrogens (tertiary/aromatic N) is 3. The highest BCUT2D eigenvalue weighted by atomic mass is 15.2. The molecule has 4 nitrogen and oxygen atoms in total. The van der Waals surface area contributed by atoms with Crippen LogP contribution in [0.4, 0.5) is 17.3 Å². The van der Waals surface area contributed by atoms with Crippen molar-refractivity contribution in [3.05, 3.63) is 42.7 Å². The molecule has 0 aliphatic heterocycles. The van der Waals surface area contributed by atoms with E-state index in [2.05, 4.69) is 46.2 Å². The van der Waals surface area contributed by atoms with Gasteiger partial charge < -0.3 is 10.2 Å². The van der Waals surface area contributed by atoms with Gasteiger partial charge in [-0.15, -0.1) is 0 Å². The Morgan fingerprint density at radius 2 is 1.89 bits per heavy atom. The summed E-state index contributed by atoms with van der Waals surface area (Å²) < 4.78 is 0. The van der Waals surface area contributed by atoms with Crippen molar-refractivity contribution >= 4 is 17.3 Å². The van der Waals surface area contributed by atoms with Crippen molar-refractivity contribution in [2.45, 2.75) is 20.3 Å². The molecule has 0 bridgehead atoms. The molecule has 0 saturated carbocycles. The molecule has 0 saturated heterocycles. The van der Waals surface area contributed by atoms with E-state index >= 15 is 0 Å². The molecular formula is C15H20N4. The summed E-state index contributed by atoms with van der Waals surface area (Å²) in [6.07, 6.45) is 4.63. The van der Waals surface area contributed by atoms with Gasteiger partial charge in [-0.2, -0.15) is 0 Å². The van der Waals surface area contributed by atoms with Crippen molar-refractivity contribution in [2.75, 3.05) is 23.3 Å². The van der Waals surface area contributed by atoms with Gasteiger partial charge in [0.05, 0.1) is 12.4 Å². The first-order chi connectivity index (χ1) is 9.35. The Bertz CT molecular complexity index is 499. The minimum absolute atomic E-state index is 0.828. The molecule has 1 aromatic carbocycles. The zero-order valence-corrected chi connectivity index (χ0v) is 11.5. The quantitative estimate of drug-likeness (QED) is 0.859. The Hall–Kier alpha value is -2.10. The molecule has 1 N–H and O–H groups in total. The minimum atomic E-state index is 0.828. The second-order valence-electron chi connectivity index (χ2n) is 4.27. The summed E-state index contributed by atoms with van der Waals surface area (Å²) in [5, 5.41) is 3.26. The van der Waals surface area contributed by atoms with Gasteiger partial charge in [0.2, 0.25) is 0 Å². The number of nitrogens with one attached hydrogen (secondary N) is 1. The standard InChI is InChI=1S/C15H20N4/c1-3-10-17-14-11-16-12-15(18-14)19(4-2)13-8-6-5-7-9-13/h5-9,11-12H,3-4,10H2,1-2H3,(H,17,18). The van der Waals surface area contributed by atoms with Gasteiger partial charge in [0.1, 0.15) is 5.82 Å². The first-order valence-electron chi connectivity index (χ1n) is 6.73. The third-order valence-corrected chi connectivity index (χ3v) is 2.84. The van der Waals surface area contributed by atoms with Crippen LogP contribution in [0, 0.1) is 0 Å². The van der Waals surface area contributed by atoms with E-state index in [-0.39, 0.29) is 0 Å². The molecule has 0 fully saturated rings. The number of benzene rings is 1. The maximum Gasteiger partial charge on any atom is 0.153 e. The van der Waals surface area contributed by atoms with Gasteiger partial charge in [0.15, 0.2) is 5.82 Å². The van der Waals surface area contributed by atoms with Crippen molar-refractivity contribution in [1.29, 1.82) is 0 Å². The lowest BCUT2D eigenvalue weighted by Gasteiger charge is -2.22. The normalized spacial score (nSPS) is 10.2. The highest BCUT2D eigenvalue weighted by molar-refractivity contribution is 5.60. The Morgan fingerprint density at radius 1 is 1.11 bits per heavy atom. The number of rotatable bonds is 6. The van der Waals surface area contributed by atoms with Crippen molar-refractivity contribution in [3.63, 3.8) is 0 Å². The van der Waals surface area contributed by atoms with Crippen LogP contribution in [0.15, 0.2) is 42.7 Å². The molecule has 1 aromatic heterocycles. The van der Waals surface area contributed by atoms with E-state index in [1.165, 1.54) is 0 Å². The molecule has 2 rings (SSSR count). The first kappa shape index (κ1) is 13.3. The van der Waals surface area contributed by atoms with E-state index in [1.807, 2.05) is 18.2 Å². The molecule has 0 atom stereocenters. The van der Waals surface area contributed by atoms with Crippen LogP contribution in [0.5, 0.6) is 0 Å². The number of para-hydroxylation sites is 1. The Morgan fingerprint density at radius 3 is 2.58 bits per heavy atom. The van der Waals surface area contributed by atoms with Crippen molar-refractivity contribution < 1.29 is 0 Å². The zero-order chi connectivity index (χ0) is 13.5. The van der Waals surface area contributed by atoms with Crippen LogP contribution in [0.3, 0.4) is 0 Å². The Balaban J connectivity index is 2.23. The summed E-state index contributed by atoms with van der Waals surface area (Å²) in [6.45, 7) is 6.01. The smallest absolute Gasteiger partial charge is 0.153 e. The maximum atomic E-state index is 4.61. The summed E-state index contributed by atoms with van der Waals surface area (Å²) in [5.74, 6) is 1.70. The van der Waals surface area contributed by atoms with Gasteiger partial charge in [0, 0.05) is 18.8 Å². The Kier molecular flexibility index (Phi) is 4.72. The highest BCUT2D eigenvalue weighted by Crippen LogP contribution is 2.22. The minimum Gasteiger partial charge on any atom is -0.369 e. The summed E-state index contributed by atoms with van der Waals surface area (Å²) in [7, 11) is 0. The van der Waals surface area contributed by atoms with E-state index in [1.54, 1.807) is 12.4 Å². The number of hydrogen-bond acceptors (Lipinski definition) is 4. The molecule has 19 heavy (non-hydrogen) atoms. The van der Waals surface area contributed by atoms with Crippen LogP contribution in [0.25, 0.3) is 0 Å². The van der Waals surface area contributed by atoms with E-state index in [0.717, 1.165) is 36.8 Å². The molecule has 100 valence electrons. The lowest BCUT2D eigenvalue weighted by atomic mass is 10.3. The molecule has 2 aromatic rings. The summed E-state index contributed by atoms with van der Waals surface area (Å²) >= 11 is 0. The Labute approximate surface area is 114 Å². The van der Waals surface area contributed by atoms with Crippen LogP contribution >= 0.6 is 0 Å². The fourth-order valence-electron chi connectivity index (χ4n) is 1.91. The lowest BCUT2D eigenvalue weighted by molar-refractivity contribution is 0.945. The predicted molar refractivity (Wildman–Crippen MR) is 79.9 cm³/mol. The molecule has 0 amide bonds. The highest BCUT2D eigenvalue weighted by Gasteiger charge is 2.09. The van der Waals surface area contributed by atoms with Crippen LogP contribution in [-0.4, -0.2) is 23.1 Å². The maximum absolute atomic E-state index is 4.61. The fourth-order valence-corrected chi connectivity index (χ4v) is 1.91. The number of hydrogen-bond donors (Lipinski definition) is 1. The SMILES string of the molecule is CCCNc1cncc(N(CC)c2ccccc2)n1. The van der Waals surface area contributed by atoms with Gasteiger partial charge >= 0.3 is 0 Å². The van der Waals surface area contributed by atoms with E-state index in [9.17, 15) is 0 Å². The largest absolute Gasteiger partial charge is 0.369 e. The van der Waals surface area contributed by atoms with Gasteiger partial charge in [-0.25, -0.2) is 4.98 Å². The predicted octanol–water partition coefficient (Wildman–Crippen LogP) is 3.46. The topological polar surface area (TPSA) is 41.1 Å². The molecule has 0 aliphatic carbocycles. The van der Waals surface area contributed by atoms with Crippen molar-refractivity contribution in [2.24, 2.45) is 0 Å². The molecular weight excluding hydrogens is 236 g/mol. The van der Waals surface area contributed by atoms with Crippen molar-refractivity contribution in [1.82, 2.24) is 9.97 Å². The van der Waals surface area contributed by atoms with Crippen LogP contribution < -0.4 is 10.2 Å². The van der Waals surface area contributed by atoms with E-state index in [0.29, 0.717) is 0 Å². The molecule has 1 heterocycles. The number of aromatic nitrogens is 2. The van der Waals surface area contributed by atoms with Crippen molar-refractivity contribution in [3.8, 4) is 0 Å². The van der Waals surface area contributed by atoms with Crippen LogP contribution in [0.2, 0.25) is 0 Å². The van der Waals surface area contributed by atoms with Crippen LogP contribution in [0.1, 0.15) is 20.3 Å². The third kappa shape index (κ3) is 3.44. The third-order valence-electron chi connectivity index (χ3n) is 2.84. The van der Waals surface area contributed by atoms with Gasteiger partial charge in [-0.3, -0.25) is 4.98 Å². The molecule has 0 spiro atoms. The van der Waals surface area contributed by atoms with E-state index < -0.39 is 0 Å². The lowest BCUT2D eigenvalue weighted by Crippen LogP contribution is -2.18. The van der Waals surface area contributed by atoms with Crippen LogP contribution in [-0.2, 0) is 0 Å².